The third-order valence-electron chi connectivity index (χ3n) is 4.32. The van der Waals surface area contributed by atoms with Crippen LogP contribution in [0, 0.1) is 11.3 Å². The van der Waals surface area contributed by atoms with E-state index < -0.39 is 0 Å². The van der Waals surface area contributed by atoms with Gasteiger partial charge in [0.2, 0.25) is 0 Å². The van der Waals surface area contributed by atoms with Gasteiger partial charge < -0.3 is 11.1 Å². The molecule has 1 fully saturated rings. The molecule has 3 N–H and O–H groups in total. The van der Waals surface area contributed by atoms with Crippen molar-refractivity contribution in [3.8, 4) is 0 Å². The van der Waals surface area contributed by atoms with Gasteiger partial charge in [-0.15, -0.1) is 5.10 Å². The zero-order valence-corrected chi connectivity index (χ0v) is 12.9. The molecule has 0 aliphatic heterocycles. The van der Waals surface area contributed by atoms with Crippen LogP contribution in [-0.4, -0.2) is 28.1 Å². The van der Waals surface area contributed by atoms with Gasteiger partial charge in [-0.3, -0.25) is 4.68 Å². The Labute approximate surface area is 122 Å². The molecule has 114 valence electrons. The lowest BCUT2D eigenvalue weighted by Gasteiger charge is -2.31. The number of hydrogen-bond donors (Lipinski definition) is 2. The molecule has 2 rings (SSSR count). The maximum atomic E-state index is 5.53. The van der Waals surface area contributed by atoms with Gasteiger partial charge in [-0.1, -0.05) is 31.9 Å². The summed E-state index contributed by atoms with van der Waals surface area (Å²) in [6.07, 6.45) is 8.86. The SMILES string of the molecule is CC(C)CC1(CNCCn2cc(CN)nn2)CCCC1. The second-order valence-electron chi connectivity index (χ2n) is 6.66. The Hall–Kier alpha value is -0.940. The molecule has 1 aliphatic rings. The Kier molecular flexibility index (Phi) is 5.54. The average molecular weight is 279 g/mol. The van der Waals surface area contributed by atoms with E-state index in [0.717, 1.165) is 31.2 Å². The first-order valence-electron chi connectivity index (χ1n) is 7.93. The van der Waals surface area contributed by atoms with Gasteiger partial charge in [0.15, 0.2) is 0 Å². The largest absolute Gasteiger partial charge is 0.325 e. The molecule has 0 aromatic carbocycles. The highest BCUT2D eigenvalue weighted by molar-refractivity contribution is 4.90. The Balaban J connectivity index is 1.73. The molecule has 1 aromatic heterocycles. The maximum Gasteiger partial charge on any atom is 0.0962 e. The van der Waals surface area contributed by atoms with Crippen molar-refractivity contribution >= 4 is 0 Å². The van der Waals surface area contributed by atoms with Gasteiger partial charge >= 0.3 is 0 Å². The van der Waals surface area contributed by atoms with Crippen LogP contribution in [0.25, 0.3) is 0 Å². The minimum atomic E-state index is 0.463. The van der Waals surface area contributed by atoms with Crippen molar-refractivity contribution in [2.45, 2.75) is 59.0 Å². The summed E-state index contributed by atoms with van der Waals surface area (Å²) in [7, 11) is 0. The van der Waals surface area contributed by atoms with Crippen LogP contribution in [0.15, 0.2) is 6.20 Å². The summed E-state index contributed by atoms with van der Waals surface area (Å²) in [6.45, 7) is 8.10. The van der Waals surface area contributed by atoms with E-state index in [9.17, 15) is 0 Å². The second-order valence-corrected chi connectivity index (χ2v) is 6.66. The first-order chi connectivity index (χ1) is 9.63. The molecule has 0 saturated heterocycles. The van der Waals surface area contributed by atoms with Crippen molar-refractivity contribution in [1.82, 2.24) is 20.3 Å². The van der Waals surface area contributed by atoms with Crippen LogP contribution in [0.4, 0.5) is 0 Å². The van der Waals surface area contributed by atoms with E-state index in [1.807, 2.05) is 10.9 Å². The van der Waals surface area contributed by atoms with E-state index in [-0.39, 0.29) is 0 Å². The normalized spacial score (nSPS) is 18.0. The molecule has 0 spiro atoms. The first-order valence-corrected chi connectivity index (χ1v) is 7.93. The Morgan fingerprint density at radius 3 is 2.75 bits per heavy atom. The van der Waals surface area contributed by atoms with Crippen LogP contribution in [-0.2, 0) is 13.1 Å². The molecule has 5 heteroatoms. The third kappa shape index (κ3) is 4.28. The summed E-state index contributed by atoms with van der Waals surface area (Å²) in [5, 5.41) is 11.7. The zero-order valence-electron chi connectivity index (χ0n) is 12.9. The fraction of sp³-hybridized carbons (Fsp3) is 0.867. The fourth-order valence-corrected chi connectivity index (χ4v) is 3.53. The molecule has 0 bridgehead atoms. The van der Waals surface area contributed by atoms with Crippen LogP contribution < -0.4 is 11.1 Å². The molecule has 1 aromatic rings. The monoisotopic (exact) mass is 279 g/mol. The molecule has 1 aliphatic carbocycles. The number of hydrogen-bond acceptors (Lipinski definition) is 4. The minimum absolute atomic E-state index is 0.463. The minimum Gasteiger partial charge on any atom is -0.325 e. The Morgan fingerprint density at radius 1 is 1.40 bits per heavy atom. The standard InChI is InChI=1S/C15H29N5/c1-13(2)9-15(5-3-4-6-15)12-17-7-8-20-11-14(10-16)18-19-20/h11,13,17H,3-10,12,16H2,1-2H3. The van der Waals surface area contributed by atoms with Gasteiger partial charge in [0.25, 0.3) is 0 Å². The van der Waals surface area contributed by atoms with Crippen LogP contribution in [0.5, 0.6) is 0 Å². The molecular weight excluding hydrogens is 250 g/mol. The highest BCUT2D eigenvalue weighted by Gasteiger charge is 2.33. The molecule has 1 heterocycles. The lowest BCUT2D eigenvalue weighted by Crippen LogP contribution is -2.35. The maximum absolute atomic E-state index is 5.53. The summed E-state index contributed by atoms with van der Waals surface area (Å²) >= 11 is 0. The summed E-state index contributed by atoms with van der Waals surface area (Å²) in [6, 6.07) is 0. The molecule has 0 amide bonds. The first kappa shape index (κ1) is 15.4. The summed E-state index contributed by atoms with van der Waals surface area (Å²) in [5.74, 6) is 0.789. The smallest absolute Gasteiger partial charge is 0.0962 e. The van der Waals surface area contributed by atoms with Crippen molar-refractivity contribution in [3.63, 3.8) is 0 Å². The number of nitrogens with zero attached hydrogens (tertiary/aromatic N) is 3. The van der Waals surface area contributed by atoms with Crippen LogP contribution in [0.2, 0.25) is 0 Å². The van der Waals surface area contributed by atoms with E-state index >= 15 is 0 Å². The Morgan fingerprint density at radius 2 is 2.15 bits per heavy atom. The summed E-state index contributed by atoms with van der Waals surface area (Å²) in [5.41, 5.74) is 6.93. The van der Waals surface area contributed by atoms with E-state index in [4.69, 9.17) is 5.73 Å². The van der Waals surface area contributed by atoms with Crippen molar-refractivity contribution in [3.05, 3.63) is 11.9 Å². The molecule has 0 radical (unpaired) electrons. The van der Waals surface area contributed by atoms with Crippen molar-refractivity contribution in [2.24, 2.45) is 17.1 Å². The fourth-order valence-electron chi connectivity index (χ4n) is 3.53. The highest BCUT2D eigenvalue weighted by atomic mass is 15.4. The van der Waals surface area contributed by atoms with E-state index in [2.05, 4.69) is 29.5 Å². The van der Waals surface area contributed by atoms with Crippen LogP contribution >= 0.6 is 0 Å². The average Bonchev–Trinajstić information content (AvgIpc) is 3.03. The Bertz CT molecular complexity index is 393. The molecule has 20 heavy (non-hydrogen) atoms. The quantitative estimate of drug-likeness (QED) is 0.714. The van der Waals surface area contributed by atoms with Gasteiger partial charge in [0, 0.05) is 25.8 Å². The van der Waals surface area contributed by atoms with Gasteiger partial charge in [-0.25, -0.2) is 0 Å². The predicted octanol–water partition coefficient (Wildman–Crippen LogP) is 1.93. The van der Waals surface area contributed by atoms with Crippen LogP contribution in [0.1, 0.15) is 51.6 Å². The second kappa shape index (κ2) is 7.18. The topological polar surface area (TPSA) is 68.8 Å². The van der Waals surface area contributed by atoms with Gasteiger partial charge in [0.05, 0.1) is 12.2 Å². The van der Waals surface area contributed by atoms with Crippen LogP contribution in [0.3, 0.4) is 0 Å². The number of nitrogens with one attached hydrogen (secondary N) is 1. The van der Waals surface area contributed by atoms with Crippen molar-refractivity contribution in [2.75, 3.05) is 13.1 Å². The van der Waals surface area contributed by atoms with Crippen molar-refractivity contribution < 1.29 is 0 Å². The van der Waals surface area contributed by atoms with Crippen molar-refractivity contribution in [1.29, 1.82) is 0 Å². The van der Waals surface area contributed by atoms with E-state index in [1.54, 1.807) is 0 Å². The molecule has 0 atom stereocenters. The predicted molar refractivity (Wildman–Crippen MR) is 81.1 cm³/mol. The lowest BCUT2D eigenvalue weighted by molar-refractivity contribution is 0.223. The lowest BCUT2D eigenvalue weighted by atomic mass is 9.78. The number of nitrogens with two attached hydrogens (primary N) is 1. The highest BCUT2D eigenvalue weighted by Crippen LogP contribution is 2.42. The number of aromatic nitrogens is 3. The molecular formula is C15H29N5. The molecule has 5 nitrogen and oxygen atoms in total. The summed E-state index contributed by atoms with van der Waals surface area (Å²) < 4.78 is 1.87. The molecule has 0 unspecified atom stereocenters. The molecule has 1 saturated carbocycles. The number of rotatable bonds is 8. The van der Waals surface area contributed by atoms with Gasteiger partial charge in [0.1, 0.15) is 0 Å². The van der Waals surface area contributed by atoms with Gasteiger partial charge in [-0.2, -0.15) is 0 Å². The van der Waals surface area contributed by atoms with Gasteiger partial charge in [-0.05, 0) is 30.6 Å². The zero-order chi connectivity index (χ0) is 14.4. The van der Waals surface area contributed by atoms with E-state index in [0.29, 0.717) is 12.0 Å². The summed E-state index contributed by atoms with van der Waals surface area (Å²) in [4.78, 5) is 0. The van der Waals surface area contributed by atoms with E-state index in [1.165, 1.54) is 32.1 Å². The third-order valence-corrected chi connectivity index (χ3v) is 4.32.